The van der Waals surface area contributed by atoms with Crippen LogP contribution >= 0.6 is 23.2 Å². The van der Waals surface area contributed by atoms with Crippen molar-refractivity contribution in [3.05, 3.63) is 52.0 Å². The van der Waals surface area contributed by atoms with Gasteiger partial charge in [-0.2, -0.15) is 0 Å². The Morgan fingerprint density at radius 1 is 0.963 bits per heavy atom. The van der Waals surface area contributed by atoms with Crippen LogP contribution in [0.25, 0.3) is 0 Å². The Hall–Kier alpha value is -2.13. The minimum absolute atomic E-state index is 0.00761. The number of benzene rings is 2. The largest absolute Gasteiger partial charge is 0.326 e. The number of anilines is 2. The summed E-state index contributed by atoms with van der Waals surface area (Å²) in [5, 5.41) is 5.14. The Morgan fingerprint density at radius 2 is 1.56 bits per heavy atom. The van der Waals surface area contributed by atoms with Crippen molar-refractivity contribution in [1.29, 1.82) is 0 Å². The van der Waals surface area contributed by atoms with E-state index in [1.54, 1.807) is 24.3 Å². The molecule has 2 aromatic rings. The summed E-state index contributed by atoms with van der Waals surface area (Å²) in [5.74, 6) is -0.871. The van der Waals surface area contributed by atoms with E-state index in [1.165, 1.54) is 27.1 Å². The Morgan fingerprint density at radius 3 is 2.11 bits per heavy atom. The topological polar surface area (TPSA) is 95.6 Å². The third-order valence-electron chi connectivity index (χ3n) is 3.47. The van der Waals surface area contributed by atoms with Gasteiger partial charge in [0.25, 0.3) is 5.91 Å². The molecule has 0 bridgehead atoms. The maximum atomic E-state index is 12.6. The van der Waals surface area contributed by atoms with E-state index in [1.807, 2.05) is 0 Å². The molecule has 2 N–H and O–H groups in total. The van der Waals surface area contributed by atoms with Gasteiger partial charge in [0.15, 0.2) is 0 Å². The van der Waals surface area contributed by atoms with Crippen LogP contribution in [0.1, 0.15) is 17.3 Å². The highest BCUT2D eigenvalue weighted by atomic mass is 35.5. The maximum absolute atomic E-state index is 12.6. The summed E-state index contributed by atoms with van der Waals surface area (Å²) in [5.41, 5.74) is 0.846. The molecule has 0 heterocycles. The normalized spacial score (nSPS) is 11.3. The predicted molar refractivity (Wildman–Crippen MR) is 106 cm³/mol. The van der Waals surface area contributed by atoms with Gasteiger partial charge in [-0.15, -0.1) is 0 Å². The van der Waals surface area contributed by atoms with E-state index < -0.39 is 15.9 Å². The highest BCUT2D eigenvalue weighted by molar-refractivity contribution is 7.89. The summed E-state index contributed by atoms with van der Waals surface area (Å²) in [6.45, 7) is 1.37. The van der Waals surface area contributed by atoms with E-state index in [2.05, 4.69) is 10.6 Å². The van der Waals surface area contributed by atoms with Crippen LogP contribution in [0.2, 0.25) is 10.0 Å². The molecule has 0 atom stereocenters. The van der Waals surface area contributed by atoms with Crippen LogP contribution in [0.15, 0.2) is 41.3 Å². The zero-order chi connectivity index (χ0) is 20.4. The van der Waals surface area contributed by atoms with Gasteiger partial charge in [-0.05, 0) is 30.3 Å². The minimum Gasteiger partial charge on any atom is -0.326 e. The van der Waals surface area contributed by atoms with Crippen molar-refractivity contribution in [1.82, 2.24) is 4.31 Å². The lowest BCUT2D eigenvalue weighted by Gasteiger charge is -2.15. The molecule has 10 heteroatoms. The number of amides is 2. The smallest absolute Gasteiger partial charge is 0.257 e. The number of rotatable bonds is 5. The van der Waals surface area contributed by atoms with Crippen molar-refractivity contribution in [3.8, 4) is 0 Å². The van der Waals surface area contributed by atoms with Crippen molar-refractivity contribution in [2.24, 2.45) is 0 Å². The molecule has 0 aliphatic carbocycles. The zero-order valence-corrected chi connectivity index (χ0v) is 17.0. The van der Waals surface area contributed by atoms with E-state index in [0.29, 0.717) is 11.4 Å². The summed E-state index contributed by atoms with van der Waals surface area (Å²) in [6.07, 6.45) is 0. The van der Waals surface area contributed by atoms with E-state index in [0.717, 1.165) is 10.4 Å². The van der Waals surface area contributed by atoms with Crippen molar-refractivity contribution in [2.75, 3.05) is 24.7 Å². The monoisotopic (exact) mass is 429 g/mol. The van der Waals surface area contributed by atoms with Crippen LogP contribution < -0.4 is 10.6 Å². The molecule has 0 saturated heterocycles. The first-order chi connectivity index (χ1) is 12.5. The van der Waals surface area contributed by atoms with Gasteiger partial charge in [0, 0.05) is 32.4 Å². The minimum atomic E-state index is -3.86. The van der Waals surface area contributed by atoms with Crippen molar-refractivity contribution in [3.63, 3.8) is 0 Å². The third kappa shape index (κ3) is 4.98. The molecule has 2 aromatic carbocycles. The van der Waals surface area contributed by atoms with Crippen molar-refractivity contribution < 1.29 is 18.0 Å². The summed E-state index contributed by atoms with van der Waals surface area (Å²) in [4.78, 5) is 23.5. The fourth-order valence-corrected chi connectivity index (χ4v) is 3.90. The number of carbonyl (C=O) groups is 2. The Kier molecular flexibility index (Phi) is 6.48. The molecule has 144 valence electrons. The lowest BCUT2D eigenvalue weighted by Crippen LogP contribution is -2.23. The number of nitrogens with one attached hydrogen (secondary N) is 2. The van der Waals surface area contributed by atoms with Gasteiger partial charge in [-0.3, -0.25) is 9.59 Å². The summed E-state index contributed by atoms with van der Waals surface area (Å²) in [6, 6.07) is 8.82. The summed E-state index contributed by atoms with van der Waals surface area (Å²) in [7, 11) is -1.15. The van der Waals surface area contributed by atoms with Gasteiger partial charge in [0.1, 0.15) is 4.90 Å². The average Bonchev–Trinajstić information content (AvgIpc) is 2.53. The molecule has 0 unspecified atom stereocenters. The van der Waals surface area contributed by atoms with Crippen LogP contribution in [0.4, 0.5) is 11.4 Å². The van der Waals surface area contributed by atoms with Gasteiger partial charge >= 0.3 is 0 Å². The highest BCUT2D eigenvalue weighted by Gasteiger charge is 2.24. The van der Waals surface area contributed by atoms with E-state index in [-0.39, 0.29) is 26.4 Å². The first-order valence-corrected chi connectivity index (χ1v) is 9.82. The lowest BCUT2D eigenvalue weighted by molar-refractivity contribution is -0.114. The molecule has 0 spiro atoms. The summed E-state index contributed by atoms with van der Waals surface area (Å²) >= 11 is 12.1. The zero-order valence-electron chi connectivity index (χ0n) is 14.7. The van der Waals surface area contributed by atoms with Crippen LogP contribution in [-0.4, -0.2) is 38.6 Å². The molecule has 0 aliphatic rings. The highest BCUT2D eigenvalue weighted by Crippen LogP contribution is 2.30. The molecule has 0 aliphatic heterocycles. The first kappa shape index (κ1) is 21.2. The van der Waals surface area contributed by atoms with Gasteiger partial charge in [0.05, 0.1) is 15.6 Å². The average molecular weight is 430 g/mol. The second kappa shape index (κ2) is 8.26. The van der Waals surface area contributed by atoms with Gasteiger partial charge in [-0.1, -0.05) is 29.3 Å². The van der Waals surface area contributed by atoms with Crippen LogP contribution in [0.3, 0.4) is 0 Å². The molecule has 0 fully saturated rings. The number of hydrogen-bond donors (Lipinski definition) is 2. The molecule has 0 saturated carbocycles. The maximum Gasteiger partial charge on any atom is 0.257 e. The molecule has 2 amide bonds. The van der Waals surface area contributed by atoms with Crippen LogP contribution in [0.5, 0.6) is 0 Å². The Balaban J connectivity index is 2.38. The molecule has 7 nitrogen and oxygen atoms in total. The first-order valence-electron chi connectivity index (χ1n) is 7.63. The van der Waals surface area contributed by atoms with E-state index >= 15 is 0 Å². The second-order valence-electron chi connectivity index (χ2n) is 5.77. The SMILES string of the molecule is CC(=O)Nc1cccc(NC(=O)c2cc(S(=O)(=O)N(C)C)c(Cl)cc2Cl)c1. The molecular formula is C17H17Cl2N3O4S. The standard InChI is InChI=1S/C17H17Cl2N3O4S/c1-10(23)20-11-5-4-6-12(7-11)21-17(24)13-8-16(15(19)9-14(13)18)27(25,26)22(2)3/h4-9H,1-3H3,(H,20,23)(H,21,24). The number of halogens is 2. The third-order valence-corrected chi connectivity index (χ3v) is 6.06. The van der Waals surface area contributed by atoms with Crippen LogP contribution in [0, 0.1) is 0 Å². The van der Waals surface area contributed by atoms with Gasteiger partial charge in [-0.25, -0.2) is 12.7 Å². The number of nitrogens with zero attached hydrogens (tertiary/aromatic N) is 1. The van der Waals surface area contributed by atoms with Gasteiger partial charge in [0.2, 0.25) is 15.9 Å². The van der Waals surface area contributed by atoms with Crippen molar-refractivity contribution in [2.45, 2.75) is 11.8 Å². The Labute approximate surface area is 167 Å². The Bertz CT molecular complexity index is 1010. The molecular weight excluding hydrogens is 413 g/mol. The molecule has 2 rings (SSSR count). The van der Waals surface area contributed by atoms with Crippen molar-refractivity contribution >= 4 is 56.4 Å². The van der Waals surface area contributed by atoms with E-state index in [4.69, 9.17) is 23.2 Å². The van der Waals surface area contributed by atoms with Gasteiger partial charge < -0.3 is 10.6 Å². The molecule has 27 heavy (non-hydrogen) atoms. The molecule has 0 aromatic heterocycles. The summed E-state index contributed by atoms with van der Waals surface area (Å²) < 4.78 is 25.7. The van der Waals surface area contributed by atoms with E-state index in [9.17, 15) is 18.0 Å². The lowest BCUT2D eigenvalue weighted by atomic mass is 10.2. The number of sulfonamides is 1. The predicted octanol–water partition coefficient (Wildman–Crippen LogP) is 3.45. The number of carbonyl (C=O) groups excluding carboxylic acids is 2. The quantitative estimate of drug-likeness (QED) is 0.760. The number of hydrogen-bond acceptors (Lipinski definition) is 4. The fraction of sp³-hybridized carbons (Fsp3) is 0.176. The fourth-order valence-electron chi connectivity index (χ4n) is 2.17. The molecule has 0 radical (unpaired) electrons. The van der Waals surface area contributed by atoms with Crippen LogP contribution in [-0.2, 0) is 14.8 Å². The second-order valence-corrected chi connectivity index (χ2v) is 8.70.